The minimum absolute atomic E-state index is 0.102. The molecule has 1 aromatic rings. The van der Waals surface area contributed by atoms with Gasteiger partial charge in [-0.1, -0.05) is 19.9 Å². The van der Waals surface area contributed by atoms with E-state index in [-0.39, 0.29) is 12.1 Å². The van der Waals surface area contributed by atoms with Crippen molar-refractivity contribution in [2.24, 2.45) is 5.92 Å². The van der Waals surface area contributed by atoms with E-state index in [1.165, 1.54) is 0 Å². The lowest BCUT2D eigenvalue weighted by molar-refractivity contribution is 0.124. The third kappa shape index (κ3) is 5.59. The summed E-state index contributed by atoms with van der Waals surface area (Å²) in [4.78, 5) is 30.7. The SMILES string of the molecule is CCN1CCN(CC(C)CNC(=O)Nc2cccc(N3CCNC3=O)c2)CC1. The summed E-state index contributed by atoms with van der Waals surface area (Å²) in [6, 6.07) is 7.04. The maximum Gasteiger partial charge on any atom is 0.321 e. The zero-order valence-electron chi connectivity index (χ0n) is 16.9. The zero-order valence-corrected chi connectivity index (χ0v) is 16.9. The van der Waals surface area contributed by atoms with Crippen molar-refractivity contribution in [3.63, 3.8) is 0 Å². The summed E-state index contributed by atoms with van der Waals surface area (Å²) in [5.74, 6) is 0.388. The van der Waals surface area contributed by atoms with Crippen LogP contribution in [0.2, 0.25) is 0 Å². The first-order valence-electron chi connectivity index (χ1n) is 10.2. The van der Waals surface area contributed by atoms with Crippen LogP contribution in [0.5, 0.6) is 0 Å². The van der Waals surface area contributed by atoms with Crippen molar-refractivity contribution in [1.82, 2.24) is 20.4 Å². The van der Waals surface area contributed by atoms with Crippen molar-refractivity contribution in [3.05, 3.63) is 24.3 Å². The average Bonchev–Trinajstić information content (AvgIpc) is 3.13. The van der Waals surface area contributed by atoms with Crippen molar-refractivity contribution in [2.75, 3.05) is 69.1 Å². The summed E-state index contributed by atoms with van der Waals surface area (Å²) < 4.78 is 0. The summed E-state index contributed by atoms with van der Waals surface area (Å²) >= 11 is 0. The first-order valence-corrected chi connectivity index (χ1v) is 10.2. The van der Waals surface area contributed by atoms with Gasteiger partial charge < -0.3 is 25.8 Å². The van der Waals surface area contributed by atoms with E-state index in [1.54, 1.807) is 4.90 Å². The van der Waals surface area contributed by atoms with E-state index in [4.69, 9.17) is 0 Å². The fourth-order valence-electron chi connectivity index (χ4n) is 3.71. The predicted molar refractivity (Wildman–Crippen MR) is 112 cm³/mol. The Kier molecular flexibility index (Phi) is 7.11. The Morgan fingerprint density at radius 3 is 2.61 bits per heavy atom. The van der Waals surface area contributed by atoms with Gasteiger partial charge in [-0.25, -0.2) is 9.59 Å². The summed E-state index contributed by atoms with van der Waals surface area (Å²) in [6.07, 6.45) is 0. The Bertz CT molecular complexity index is 674. The van der Waals surface area contributed by atoms with Gasteiger partial charge in [-0.2, -0.15) is 0 Å². The maximum absolute atomic E-state index is 12.3. The van der Waals surface area contributed by atoms with E-state index in [2.05, 4.69) is 39.6 Å². The quantitative estimate of drug-likeness (QED) is 0.663. The van der Waals surface area contributed by atoms with Crippen molar-refractivity contribution >= 4 is 23.4 Å². The number of likely N-dealkylation sites (N-methyl/N-ethyl adjacent to an activating group) is 1. The number of hydrogen-bond acceptors (Lipinski definition) is 4. The molecule has 0 aliphatic carbocycles. The van der Waals surface area contributed by atoms with Crippen molar-refractivity contribution < 1.29 is 9.59 Å². The van der Waals surface area contributed by atoms with Crippen molar-refractivity contribution in [1.29, 1.82) is 0 Å². The molecule has 154 valence electrons. The Morgan fingerprint density at radius 2 is 1.93 bits per heavy atom. The molecule has 1 unspecified atom stereocenters. The molecule has 0 spiro atoms. The largest absolute Gasteiger partial charge is 0.338 e. The lowest BCUT2D eigenvalue weighted by Gasteiger charge is -2.35. The molecule has 4 amide bonds. The van der Waals surface area contributed by atoms with E-state index in [1.807, 2.05) is 24.3 Å². The fraction of sp³-hybridized carbons (Fsp3) is 0.600. The second-order valence-electron chi connectivity index (χ2n) is 7.61. The highest BCUT2D eigenvalue weighted by molar-refractivity contribution is 5.95. The third-order valence-corrected chi connectivity index (χ3v) is 5.37. The number of carbonyl (C=O) groups excluding carboxylic acids is 2. The Labute approximate surface area is 167 Å². The van der Waals surface area contributed by atoms with E-state index in [9.17, 15) is 9.59 Å². The molecule has 2 aliphatic heterocycles. The molecular weight excluding hydrogens is 356 g/mol. The van der Waals surface area contributed by atoms with E-state index >= 15 is 0 Å². The van der Waals surface area contributed by atoms with Crippen LogP contribution in [-0.4, -0.2) is 80.8 Å². The first-order chi connectivity index (χ1) is 13.5. The summed E-state index contributed by atoms with van der Waals surface area (Å²) in [6.45, 7) is 12.9. The molecule has 2 heterocycles. The van der Waals surface area contributed by atoms with Gasteiger partial charge in [0.05, 0.1) is 0 Å². The van der Waals surface area contributed by atoms with Crippen LogP contribution in [-0.2, 0) is 0 Å². The van der Waals surface area contributed by atoms with Crippen LogP contribution in [0.15, 0.2) is 24.3 Å². The molecule has 2 saturated heterocycles. The molecule has 1 aromatic carbocycles. The molecule has 8 heteroatoms. The molecule has 0 bridgehead atoms. The third-order valence-electron chi connectivity index (χ3n) is 5.37. The number of nitrogens with zero attached hydrogens (tertiary/aromatic N) is 3. The Hall–Kier alpha value is -2.32. The molecule has 1 atom stereocenters. The highest BCUT2D eigenvalue weighted by Gasteiger charge is 2.21. The fourth-order valence-corrected chi connectivity index (χ4v) is 3.71. The van der Waals surface area contributed by atoms with Gasteiger partial charge in [0.2, 0.25) is 0 Å². The number of nitrogens with one attached hydrogen (secondary N) is 3. The van der Waals surface area contributed by atoms with Crippen LogP contribution in [0.1, 0.15) is 13.8 Å². The van der Waals surface area contributed by atoms with Crippen LogP contribution < -0.4 is 20.9 Å². The van der Waals surface area contributed by atoms with Crippen molar-refractivity contribution in [2.45, 2.75) is 13.8 Å². The first kappa shape index (κ1) is 20.4. The lowest BCUT2D eigenvalue weighted by atomic mass is 10.1. The van der Waals surface area contributed by atoms with Gasteiger partial charge in [-0.3, -0.25) is 4.90 Å². The average molecular weight is 389 g/mol. The standard InChI is InChI=1S/C20H32N6O2/c1-3-24-9-11-25(12-10-24)15-16(2)14-22-19(27)23-17-5-4-6-18(13-17)26-8-7-21-20(26)28/h4-6,13,16H,3,7-12,14-15H2,1-2H3,(H,21,28)(H2,22,23,27). The molecule has 3 N–H and O–H groups in total. The van der Waals surface area contributed by atoms with Crippen molar-refractivity contribution in [3.8, 4) is 0 Å². The zero-order chi connectivity index (χ0) is 19.9. The number of piperazine rings is 1. The molecule has 3 rings (SSSR count). The number of rotatable bonds is 7. The second kappa shape index (κ2) is 9.75. The molecule has 8 nitrogen and oxygen atoms in total. The normalized spacial score (nSPS) is 19.4. The van der Waals surface area contributed by atoms with Gasteiger partial charge in [0.15, 0.2) is 0 Å². The molecule has 2 aliphatic rings. The Morgan fingerprint density at radius 1 is 1.18 bits per heavy atom. The number of carbonyl (C=O) groups is 2. The Balaban J connectivity index is 1.41. The molecule has 0 saturated carbocycles. The summed E-state index contributed by atoms with van der Waals surface area (Å²) in [5, 5.41) is 8.60. The van der Waals surface area contributed by atoms with E-state index in [0.29, 0.717) is 31.2 Å². The monoisotopic (exact) mass is 388 g/mol. The number of hydrogen-bond donors (Lipinski definition) is 3. The summed E-state index contributed by atoms with van der Waals surface area (Å²) in [5.41, 5.74) is 1.46. The van der Waals surface area contributed by atoms with Gasteiger partial charge in [0, 0.05) is 63.7 Å². The minimum atomic E-state index is -0.217. The lowest BCUT2D eigenvalue weighted by Crippen LogP contribution is -2.48. The molecule has 0 radical (unpaired) electrons. The maximum atomic E-state index is 12.3. The molecule has 28 heavy (non-hydrogen) atoms. The van der Waals surface area contributed by atoms with Crippen LogP contribution >= 0.6 is 0 Å². The van der Waals surface area contributed by atoms with Gasteiger partial charge in [0.1, 0.15) is 0 Å². The summed E-state index contributed by atoms with van der Waals surface area (Å²) in [7, 11) is 0. The minimum Gasteiger partial charge on any atom is -0.338 e. The van der Waals surface area contributed by atoms with Crippen LogP contribution in [0.3, 0.4) is 0 Å². The highest BCUT2D eigenvalue weighted by atomic mass is 16.2. The van der Waals surface area contributed by atoms with Crippen LogP contribution in [0, 0.1) is 5.92 Å². The van der Waals surface area contributed by atoms with Gasteiger partial charge in [-0.15, -0.1) is 0 Å². The smallest absolute Gasteiger partial charge is 0.321 e. The molecular formula is C20H32N6O2. The van der Waals surface area contributed by atoms with Gasteiger partial charge in [0.25, 0.3) is 0 Å². The van der Waals surface area contributed by atoms with Crippen LogP contribution in [0.4, 0.5) is 21.0 Å². The number of anilines is 2. The molecule has 2 fully saturated rings. The second-order valence-corrected chi connectivity index (χ2v) is 7.61. The number of benzene rings is 1. The molecule has 0 aromatic heterocycles. The predicted octanol–water partition coefficient (Wildman–Crippen LogP) is 1.61. The van der Waals surface area contributed by atoms with E-state index in [0.717, 1.165) is 45.0 Å². The van der Waals surface area contributed by atoms with Crippen LogP contribution in [0.25, 0.3) is 0 Å². The number of urea groups is 2. The number of amides is 4. The van der Waals surface area contributed by atoms with Gasteiger partial charge in [-0.05, 0) is 30.7 Å². The van der Waals surface area contributed by atoms with Gasteiger partial charge >= 0.3 is 12.1 Å². The highest BCUT2D eigenvalue weighted by Crippen LogP contribution is 2.20. The topological polar surface area (TPSA) is 80.0 Å². The van der Waals surface area contributed by atoms with E-state index < -0.39 is 0 Å².